The molecule has 1 fully saturated rings. The van der Waals surface area contributed by atoms with Crippen LogP contribution in [0.4, 0.5) is 0 Å². The molecule has 1 amide bonds. The summed E-state index contributed by atoms with van der Waals surface area (Å²) in [5.41, 5.74) is -0.163. The highest BCUT2D eigenvalue weighted by atomic mass is 16.2. The first-order valence-corrected chi connectivity index (χ1v) is 7.98. The molecular weight excluding hydrogens is 290 g/mol. The molecular formula is C18H23N3O2. The molecule has 0 aromatic carbocycles. The number of hydrogen-bond donors (Lipinski definition) is 1. The Balaban J connectivity index is 2.10. The zero-order valence-corrected chi connectivity index (χ0v) is 14.0. The molecule has 122 valence electrons. The highest BCUT2D eigenvalue weighted by molar-refractivity contribution is 5.93. The quantitative estimate of drug-likeness (QED) is 0.906. The van der Waals surface area contributed by atoms with Gasteiger partial charge in [-0.1, -0.05) is 19.8 Å². The summed E-state index contributed by atoms with van der Waals surface area (Å²) in [5, 5.41) is 11.6. The van der Waals surface area contributed by atoms with Gasteiger partial charge in [-0.15, -0.1) is 0 Å². The maximum atomic E-state index is 12.5. The van der Waals surface area contributed by atoms with Crippen molar-refractivity contribution in [3.8, 4) is 6.07 Å². The second-order valence-corrected chi connectivity index (χ2v) is 7.11. The van der Waals surface area contributed by atoms with E-state index < -0.39 is 11.4 Å². The molecule has 1 saturated carbocycles. The Kier molecular flexibility index (Phi) is 4.84. The Labute approximate surface area is 137 Å². The summed E-state index contributed by atoms with van der Waals surface area (Å²) >= 11 is 0. The Morgan fingerprint density at radius 3 is 2.65 bits per heavy atom. The number of carbonyl (C=O) groups is 2. The van der Waals surface area contributed by atoms with Gasteiger partial charge in [0, 0.05) is 18.0 Å². The number of amides is 1. The zero-order valence-electron chi connectivity index (χ0n) is 14.0. The highest BCUT2D eigenvalue weighted by Crippen LogP contribution is 2.39. The van der Waals surface area contributed by atoms with Crippen molar-refractivity contribution < 1.29 is 9.59 Å². The second-order valence-electron chi connectivity index (χ2n) is 7.11. The van der Waals surface area contributed by atoms with Gasteiger partial charge in [0.05, 0.1) is 6.07 Å². The summed E-state index contributed by atoms with van der Waals surface area (Å²) in [6.07, 6.45) is 5.96. The number of nitrogens with zero attached hydrogens (tertiary/aromatic N) is 2. The van der Waals surface area contributed by atoms with Gasteiger partial charge in [0.25, 0.3) is 5.91 Å². The first-order chi connectivity index (χ1) is 10.8. The van der Waals surface area contributed by atoms with Gasteiger partial charge in [0.1, 0.15) is 17.0 Å². The van der Waals surface area contributed by atoms with E-state index in [0.29, 0.717) is 6.42 Å². The average Bonchev–Trinajstić information content (AvgIpc) is 2.95. The van der Waals surface area contributed by atoms with Gasteiger partial charge in [0.2, 0.25) is 0 Å². The minimum atomic E-state index is -0.956. The Morgan fingerprint density at radius 2 is 2.04 bits per heavy atom. The van der Waals surface area contributed by atoms with Crippen molar-refractivity contribution in [3.05, 3.63) is 29.6 Å². The Morgan fingerprint density at radius 1 is 1.39 bits per heavy atom. The Bertz CT molecular complexity index is 652. The highest BCUT2D eigenvalue weighted by Gasteiger charge is 2.35. The van der Waals surface area contributed by atoms with Crippen LogP contribution >= 0.6 is 0 Å². The van der Waals surface area contributed by atoms with Crippen LogP contribution in [0, 0.1) is 16.7 Å². The van der Waals surface area contributed by atoms with Crippen LogP contribution in [0.15, 0.2) is 18.3 Å². The predicted octanol–water partition coefficient (Wildman–Crippen LogP) is 2.81. The number of carbonyl (C=O) groups excluding carboxylic acids is 2. The van der Waals surface area contributed by atoms with Crippen molar-refractivity contribution in [3.63, 3.8) is 0 Å². The first kappa shape index (κ1) is 17.1. The van der Waals surface area contributed by atoms with Crippen LogP contribution < -0.4 is 5.32 Å². The zero-order chi connectivity index (χ0) is 17.1. The van der Waals surface area contributed by atoms with Crippen LogP contribution in [0.1, 0.15) is 62.5 Å². The van der Waals surface area contributed by atoms with Crippen molar-refractivity contribution in [1.82, 2.24) is 10.3 Å². The van der Waals surface area contributed by atoms with Crippen LogP contribution in [0.3, 0.4) is 0 Å². The van der Waals surface area contributed by atoms with E-state index in [9.17, 15) is 9.59 Å². The predicted molar refractivity (Wildman–Crippen MR) is 86.7 cm³/mol. The molecule has 0 radical (unpaired) electrons. The van der Waals surface area contributed by atoms with Crippen molar-refractivity contribution in [2.75, 3.05) is 0 Å². The van der Waals surface area contributed by atoms with Gasteiger partial charge in [-0.05, 0) is 44.4 Å². The smallest absolute Gasteiger partial charge is 0.271 e. The van der Waals surface area contributed by atoms with Crippen molar-refractivity contribution in [2.24, 2.45) is 5.41 Å². The van der Waals surface area contributed by atoms with Crippen molar-refractivity contribution in [1.29, 1.82) is 5.26 Å². The number of rotatable bonds is 5. The largest absolute Gasteiger partial charge is 0.333 e. The topological polar surface area (TPSA) is 82.9 Å². The van der Waals surface area contributed by atoms with E-state index in [1.54, 1.807) is 26.0 Å². The van der Waals surface area contributed by atoms with Gasteiger partial charge in [-0.3, -0.25) is 14.6 Å². The second kappa shape index (κ2) is 6.49. The molecule has 1 heterocycles. The van der Waals surface area contributed by atoms with Gasteiger partial charge < -0.3 is 5.32 Å². The fraction of sp³-hybridized carbons (Fsp3) is 0.556. The summed E-state index contributed by atoms with van der Waals surface area (Å²) in [7, 11) is 0. The summed E-state index contributed by atoms with van der Waals surface area (Å²) in [5.74, 6) is -0.178. The Hall–Kier alpha value is -2.22. The molecule has 0 bridgehead atoms. The summed E-state index contributed by atoms with van der Waals surface area (Å²) < 4.78 is 0. The lowest BCUT2D eigenvalue weighted by molar-refractivity contribution is -0.126. The lowest BCUT2D eigenvalue weighted by Crippen LogP contribution is -2.42. The lowest BCUT2D eigenvalue weighted by Gasteiger charge is -2.21. The van der Waals surface area contributed by atoms with Crippen LogP contribution in [0.2, 0.25) is 0 Å². The lowest BCUT2D eigenvalue weighted by atomic mass is 9.81. The van der Waals surface area contributed by atoms with Crippen LogP contribution in [0.5, 0.6) is 0 Å². The van der Waals surface area contributed by atoms with Gasteiger partial charge in [-0.2, -0.15) is 5.26 Å². The standard InChI is InChI=1S/C18H23N3O2/c1-17(2,12-19)21-16(23)14-10-13(6-9-20-14)11-15(22)18(3)7-4-5-8-18/h6,9-10H,4-5,7-8,11H2,1-3H3,(H,21,23). The molecule has 1 aliphatic rings. The number of ketones is 1. The van der Waals surface area contributed by atoms with Gasteiger partial charge in [-0.25, -0.2) is 0 Å². The average molecular weight is 313 g/mol. The molecule has 2 rings (SSSR count). The minimum Gasteiger partial charge on any atom is -0.333 e. The maximum Gasteiger partial charge on any atom is 0.271 e. The van der Waals surface area contributed by atoms with Crippen LogP contribution in [-0.4, -0.2) is 22.2 Å². The normalized spacial score (nSPS) is 16.6. The molecule has 0 saturated heterocycles. The summed E-state index contributed by atoms with van der Waals surface area (Å²) in [6.45, 7) is 5.28. The molecule has 0 spiro atoms. The van der Waals surface area contributed by atoms with Crippen LogP contribution in [-0.2, 0) is 11.2 Å². The third-order valence-electron chi connectivity index (χ3n) is 4.51. The van der Waals surface area contributed by atoms with E-state index in [2.05, 4.69) is 10.3 Å². The van der Waals surface area contributed by atoms with Gasteiger partial charge >= 0.3 is 0 Å². The molecule has 0 atom stereocenters. The van der Waals surface area contributed by atoms with E-state index in [1.807, 2.05) is 13.0 Å². The molecule has 1 aromatic rings. The summed E-state index contributed by atoms with van der Waals surface area (Å²) in [4.78, 5) is 28.7. The molecule has 1 aromatic heterocycles. The monoisotopic (exact) mass is 313 g/mol. The van der Waals surface area contributed by atoms with Crippen molar-refractivity contribution in [2.45, 2.75) is 58.4 Å². The number of aromatic nitrogens is 1. The molecule has 5 nitrogen and oxygen atoms in total. The molecule has 0 aliphatic heterocycles. The summed E-state index contributed by atoms with van der Waals surface area (Å²) in [6, 6.07) is 5.42. The van der Waals surface area contributed by atoms with Crippen LogP contribution in [0.25, 0.3) is 0 Å². The maximum absolute atomic E-state index is 12.5. The van der Waals surface area contributed by atoms with E-state index in [-0.39, 0.29) is 16.9 Å². The van der Waals surface area contributed by atoms with E-state index >= 15 is 0 Å². The first-order valence-electron chi connectivity index (χ1n) is 7.98. The fourth-order valence-corrected chi connectivity index (χ4v) is 2.92. The molecule has 23 heavy (non-hydrogen) atoms. The van der Waals surface area contributed by atoms with E-state index in [4.69, 9.17) is 5.26 Å². The van der Waals surface area contributed by atoms with E-state index in [0.717, 1.165) is 31.2 Å². The third kappa shape index (κ3) is 4.16. The minimum absolute atomic E-state index is 0.227. The molecule has 5 heteroatoms. The number of nitrogens with one attached hydrogen (secondary N) is 1. The number of nitriles is 1. The van der Waals surface area contributed by atoms with Gasteiger partial charge in [0.15, 0.2) is 0 Å². The number of hydrogen-bond acceptors (Lipinski definition) is 4. The molecule has 0 unspecified atom stereocenters. The third-order valence-corrected chi connectivity index (χ3v) is 4.51. The number of pyridine rings is 1. The SMILES string of the molecule is CC(C)(C#N)NC(=O)c1cc(CC(=O)C2(C)CCCC2)ccn1. The fourth-order valence-electron chi connectivity index (χ4n) is 2.92. The molecule has 1 N–H and O–H groups in total. The number of Topliss-reactive ketones (excluding diaryl/α,β-unsaturated/α-hetero) is 1. The molecule has 1 aliphatic carbocycles. The van der Waals surface area contributed by atoms with Crippen molar-refractivity contribution >= 4 is 11.7 Å². The van der Waals surface area contributed by atoms with E-state index in [1.165, 1.54) is 6.20 Å².